The number of halogens is 2. The number of ether oxygens (including phenoxy) is 3. The van der Waals surface area contributed by atoms with Gasteiger partial charge in [-0.3, -0.25) is 13.9 Å². The molecule has 44 heavy (non-hydrogen) atoms. The van der Waals surface area contributed by atoms with Crippen molar-refractivity contribution in [3.05, 3.63) is 76.3 Å². The summed E-state index contributed by atoms with van der Waals surface area (Å²) in [5.74, 6) is -0.285. The second-order valence-electron chi connectivity index (χ2n) is 9.71. The number of carbonyl (C=O) groups is 2. The minimum atomic E-state index is -4.44. The molecule has 3 aromatic carbocycles. The molecule has 0 aromatic heterocycles. The number of methoxy groups -OCH3 is 3. The van der Waals surface area contributed by atoms with Crippen LogP contribution in [-0.4, -0.2) is 65.6 Å². The van der Waals surface area contributed by atoms with Gasteiger partial charge in [0.1, 0.15) is 18.3 Å². The Labute approximate surface area is 268 Å². The Morgan fingerprint density at radius 3 is 2.05 bits per heavy atom. The molecule has 1 N–H and O–H groups in total. The molecule has 0 aliphatic rings. The van der Waals surface area contributed by atoms with Crippen molar-refractivity contribution in [2.24, 2.45) is 0 Å². The van der Waals surface area contributed by atoms with E-state index in [-0.39, 0.29) is 46.0 Å². The Bertz CT molecular complexity index is 1550. The molecule has 2 amide bonds. The van der Waals surface area contributed by atoms with Gasteiger partial charge in [0.05, 0.1) is 31.9 Å². The summed E-state index contributed by atoms with van der Waals surface area (Å²) in [6.07, 6.45) is 0.997. The maximum absolute atomic E-state index is 14.3. The summed E-state index contributed by atoms with van der Waals surface area (Å²) < 4.78 is 45.6. The molecule has 238 valence electrons. The third-order valence-electron chi connectivity index (χ3n) is 6.83. The van der Waals surface area contributed by atoms with Crippen LogP contribution in [0.15, 0.2) is 65.6 Å². The van der Waals surface area contributed by atoms with Gasteiger partial charge in [-0.25, -0.2) is 8.42 Å². The van der Waals surface area contributed by atoms with Gasteiger partial charge >= 0.3 is 0 Å². The van der Waals surface area contributed by atoms with Crippen LogP contribution in [-0.2, 0) is 26.2 Å². The first-order valence-corrected chi connectivity index (χ1v) is 16.1. The van der Waals surface area contributed by atoms with Crippen molar-refractivity contribution in [2.45, 2.75) is 44.2 Å². The van der Waals surface area contributed by atoms with Gasteiger partial charge in [0.15, 0.2) is 11.5 Å². The van der Waals surface area contributed by atoms with Gasteiger partial charge in [-0.15, -0.1) is 0 Å². The monoisotopic (exact) mass is 665 g/mol. The van der Waals surface area contributed by atoms with Crippen LogP contribution >= 0.6 is 23.2 Å². The number of amides is 2. The van der Waals surface area contributed by atoms with E-state index in [9.17, 15) is 18.0 Å². The van der Waals surface area contributed by atoms with Gasteiger partial charge in [-0.05, 0) is 60.9 Å². The molecule has 0 unspecified atom stereocenters. The predicted molar refractivity (Wildman–Crippen MR) is 171 cm³/mol. The van der Waals surface area contributed by atoms with Gasteiger partial charge in [0.2, 0.25) is 11.8 Å². The van der Waals surface area contributed by atoms with Gasteiger partial charge < -0.3 is 24.4 Å². The Balaban J connectivity index is 2.16. The van der Waals surface area contributed by atoms with E-state index in [1.54, 1.807) is 37.3 Å². The topological polar surface area (TPSA) is 114 Å². The highest BCUT2D eigenvalue weighted by molar-refractivity contribution is 7.92. The SMILES string of the molecule is CCCNC(=O)[C@H](CC)N(Cc1ccc(Cl)cc1)C(=O)CN(c1cc(Cl)ccc1OC)S(=O)(=O)c1ccc(OC)c(OC)c1. The van der Waals surface area contributed by atoms with E-state index >= 15 is 0 Å². The van der Waals surface area contributed by atoms with Crippen LogP contribution in [0.3, 0.4) is 0 Å². The third kappa shape index (κ3) is 8.28. The summed E-state index contributed by atoms with van der Waals surface area (Å²) in [6.45, 7) is 3.50. The number of benzene rings is 3. The van der Waals surface area contributed by atoms with Gasteiger partial charge in [-0.1, -0.05) is 49.2 Å². The molecule has 0 radical (unpaired) electrons. The molecule has 1 atom stereocenters. The maximum Gasteiger partial charge on any atom is 0.265 e. The van der Waals surface area contributed by atoms with Crippen molar-refractivity contribution in [3.63, 3.8) is 0 Å². The van der Waals surface area contributed by atoms with Crippen LogP contribution in [0, 0.1) is 0 Å². The van der Waals surface area contributed by atoms with Crippen LogP contribution in [0.5, 0.6) is 17.2 Å². The lowest BCUT2D eigenvalue weighted by atomic mass is 10.1. The van der Waals surface area contributed by atoms with Crippen molar-refractivity contribution in [1.29, 1.82) is 0 Å². The normalized spacial score (nSPS) is 11.8. The van der Waals surface area contributed by atoms with Gasteiger partial charge in [-0.2, -0.15) is 0 Å². The lowest BCUT2D eigenvalue weighted by molar-refractivity contribution is -0.140. The Kier molecular flexibility index (Phi) is 12.6. The minimum Gasteiger partial charge on any atom is -0.495 e. The smallest absolute Gasteiger partial charge is 0.265 e. The average Bonchev–Trinajstić information content (AvgIpc) is 3.02. The molecule has 0 fully saturated rings. The molecular formula is C31H37Cl2N3O7S. The average molecular weight is 667 g/mol. The highest BCUT2D eigenvalue weighted by Crippen LogP contribution is 2.37. The molecule has 0 saturated heterocycles. The van der Waals surface area contributed by atoms with Crippen LogP contribution in [0.2, 0.25) is 10.0 Å². The van der Waals surface area contributed by atoms with Crippen LogP contribution in [0.1, 0.15) is 32.3 Å². The Morgan fingerprint density at radius 1 is 0.841 bits per heavy atom. The predicted octanol–water partition coefficient (Wildman–Crippen LogP) is 5.55. The van der Waals surface area contributed by atoms with E-state index in [4.69, 9.17) is 37.4 Å². The maximum atomic E-state index is 14.3. The quantitative estimate of drug-likeness (QED) is 0.226. The van der Waals surface area contributed by atoms with E-state index in [1.165, 1.54) is 56.6 Å². The Hall–Kier alpha value is -3.67. The first-order valence-electron chi connectivity index (χ1n) is 13.9. The fraction of sp³-hybridized carbons (Fsp3) is 0.355. The Morgan fingerprint density at radius 2 is 1.45 bits per heavy atom. The molecule has 3 aromatic rings. The summed E-state index contributed by atoms with van der Waals surface area (Å²) in [7, 11) is -0.237. The number of nitrogens with zero attached hydrogens (tertiary/aromatic N) is 2. The number of hydrogen-bond acceptors (Lipinski definition) is 7. The van der Waals surface area contributed by atoms with E-state index in [1.807, 2.05) is 6.92 Å². The molecule has 0 heterocycles. The lowest BCUT2D eigenvalue weighted by Gasteiger charge is -2.33. The van der Waals surface area contributed by atoms with E-state index in [0.717, 1.165) is 4.31 Å². The molecule has 0 aliphatic heterocycles. The fourth-order valence-electron chi connectivity index (χ4n) is 4.55. The molecule has 0 spiro atoms. The number of rotatable bonds is 15. The standard InChI is InChI=1S/C31H37Cl2N3O7S/c1-6-16-34-31(38)25(7-2)35(19-21-8-10-22(32)11-9-21)30(37)20-36(26-17-23(33)12-14-27(26)41-3)44(39,40)24-13-15-28(42-4)29(18-24)43-5/h8-15,17-18,25H,6-7,16,19-20H2,1-5H3,(H,34,38)/t25-/m0/s1. The fourth-order valence-corrected chi connectivity index (χ4v) is 6.27. The van der Waals surface area contributed by atoms with Crippen molar-refractivity contribution >= 4 is 50.7 Å². The minimum absolute atomic E-state index is 0.0327. The number of carbonyl (C=O) groups excluding carboxylic acids is 2. The van der Waals surface area contributed by atoms with Crippen LogP contribution < -0.4 is 23.8 Å². The largest absolute Gasteiger partial charge is 0.495 e. The van der Waals surface area contributed by atoms with Gasteiger partial charge in [0.25, 0.3) is 10.0 Å². The van der Waals surface area contributed by atoms with E-state index in [0.29, 0.717) is 29.3 Å². The first-order chi connectivity index (χ1) is 21.0. The molecule has 0 bridgehead atoms. The molecule has 0 aliphatic carbocycles. The molecular weight excluding hydrogens is 629 g/mol. The molecule has 10 nitrogen and oxygen atoms in total. The number of sulfonamides is 1. The van der Waals surface area contributed by atoms with E-state index in [2.05, 4.69) is 5.32 Å². The van der Waals surface area contributed by atoms with Crippen molar-refractivity contribution < 1.29 is 32.2 Å². The zero-order chi connectivity index (χ0) is 32.4. The number of anilines is 1. The molecule has 0 saturated carbocycles. The van der Waals surface area contributed by atoms with Crippen molar-refractivity contribution in [3.8, 4) is 17.2 Å². The van der Waals surface area contributed by atoms with E-state index < -0.39 is 28.5 Å². The summed E-state index contributed by atoms with van der Waals surface area (Å²) in [5.41, 5.74) is 0.747. The highest BCUT2D eigenvalue weighted by Gasteiger charge is 2.35. The van der Waals surface area contributed by atoms with Gasteiger partial charge in [0, 0.05) is 29.2 Å². The summed E-state index contributed by atoms with van der Waals surface area (Å²) in [5, 5.41) is 3.59. The molecule has 3 rings (SSSR count). The second-order valence-corrected chi connectivity index (χ2v) is 12.4. The second kappa shape index (κ2) is 15.9. The third-order valence-corrected chi connectivity index (χ3v) is 9.08. The van der Waals surface area contributed by atoms with Crippen LogP contribution in [0.4, 0.5) is 5.69 Å². The number of hydrogen-bond donors (Lipinski definition) is 1. The number of nitrogens with one attached hydrogen (secondary N) is 1. The summed E-state index contributed by atoms with van der Waals surface area (Å²) >= 11 is 12.4. The van der Waals surface area contributed by atoms with Crippen molar-refractivity contribution in [2.75, 3.05) is 38.7 Å². The van der Waals surface area contributed by atoms with Crippen molar-refractivity contribution in [1.82, 2.24) is 10.2 Å². The zero-order valence-corrected chi connectivity index (χ0v) is 27.6. The van der Waals surface area contributed by atoms with Crippen LogP contribution in [0.25, 0.3) is 0 Å². The summed E-state index contributed by atoms with van der Waals surface area (Å²) in [4.78, 5) is 28.7. The molecule has 13 heteroatoms. The highest BCUT2D eigenvalue weighted by atomic mass is 35.5. The lowest BCUT2D eigenvalue weighted by Crippen LogP contribution is -2.52. The first kappa shape index (κ1) is 34.8. The zero-order valence-electron chi connectivity index (χ0n) is 25.3. The summed E-state index contributed by atoms with van der Waals surface area (Å²) in [6, 6.07) is 14.6.